The van der Waals surface area contributed by atoms with Crippen LogP contribution in [0.25, 0.3) is 0 Å². The van der Waals surface area contributed by atoms with Crippen LogP contribution in [0.5, 0.6) is 0 Å². The van der Waals surface area contributed by atoms with E-state index in [-0.39, 0.29) is 18.0 Å². The largest absolute Gasteiger partial charge is 0.366 e. The van der Waals surface area contributed by atoms with Crippen LogP contribution in [-0.2, 0) is 15.6 Å². The van der Waals surface area contributed by atoms with Crippen molar-refractivity contribution in [3.8, 4) is 0 Å². The number of amides is 1. The lowest BCUT2D eigenvalue weighted by Gasteiger charge is -2.30. The van der Waals surface area contributed by atoms with Gasteiger partial charge in [-0.1, -0.05) is 6.58 Å². The van der Waals surface area contributed by atoms with Crippen molar-refractivity contribution in [2.45, 2.75) is 49.6 Å². The van der Waals surface area contributed by atoms with E-state index in [1.165, 1.54) is 6.08 Å². The first-order valence-corrected chi connectivity index (χ1v) is 8.92. The molecule has 0 spiro atoms. The maximum atomic E-state index is 11.8. The van der Waals surface area contributed by atoms with Crippen molar-refractivity contribution in [3.05, 3.63) is 24.7 Å². The molecule has 0 aromatic carbocycles. The van der Waals surface area contributed by atoms with E-state index in [1.807, 2.05) is 6.92 Å². The Bertz CT molecular complexity index is 591. The Kier molecular flexibility index (Phi) is 5.65. The molecular weight excluding hydrogens is 300 g/mol. The molecule has 120 valence electrons. The van der Waals surface area contributed by atoms with E-state index in [2.05, 4.69) is 27.2 Å². The zero-order valence-corrected chi connectivity index (χ0v) is 13.8. The first kappa shape index (κ1) is 16.6. The van der Waals surface area contributed by atoms with E-state index < -0.39 is 10.8 Å². The number of carbonyl (C=O) groups is 1. The highest BCUT2D eigenvalue weighted by Gasteiger charge is 2.24. The summed E-state index contributed by atoms with van der Waals surface area (Å²) in [4.78, 5) is 20.5. The Hall–Kier alpha value is -1.76. The Morgan fingerprint density at radius 1 is 1.45 bits per heavy atom. The summed E-state index contributed by atoms with van der Waals surface area (Å²) in [5.74, 6) is 1.14. The van der Waals surface area contributed by atoms with Crippen LogP contribution in [0.4, 0.5) is 5.82 Å². The van der Waals surface area contributed by atoms with E-state index >= 15 is 0 Å². The van der Waals surface area contributed by atoms with E-state index in [4.69, 9.17) is 0 Å². The van der Waals surface area contributed by atoms with Crippen LogP contribution in [0, 0.1) is 6.92 Å². The second-order valence-electron chi connectivity index (χ2n) is 5.50. The summed E-state index contributed by atoms with van der Waals surface area (Å²) in [6.07, 6.45) is 8.33. The molecule has 22 heavy (non-hydrogen) atoms. The molecule has 1 saturated carbocycles. The van der Waals surface area contributed by atoms with Crippen molar-refractivity contribution in [1.82, 2.24) is 15.3 Å². The lowest BCUT2D eigenvalue weighted by Crippen LogP contribution is -2.41. The minimum atomic E-state index is -1.14. The molecular formula is C15H22N4O2S. The number of hydrogen-bond acceptors (Lipinski definition) is 5. The maximum absolute atomic E-state index is 11.8. The lowest BCUT2D eigenvalue weighted by atomic mass is 9.91. The molecule has 1 aromatic heterocycles. The van der Waals surface area contributed by atoms with Gasteiger partial charge in [-0.2, -0.15) is 0 Å². The molecule has 0 radical (unpaired) electrons. The molecule has 1 amide bonds. The molecule has 3 atom stereocenters. The average molecular weight is 322 g/mol. The summed E-state index contributed by atoms with van der Waals surface area (Å²) in [5.41, 5.74) is 0. The lowest BCUT2D eigenvalue weighted by molar-refractivity contribution is -0.117. The van der Waals surface area contributed by atoms with Gasteiger partial charge in [-0.25, -0.2) is 9.97 Å². The van der Waals surface area contributed by atoms with Gasteiger partial charge in [-0.05, 0) is 38.7 Å². The van der Waals surface area contributed by atoms with Crippen LogP contribution in [0.15, 0.2) is 23.7 Å². The van der Waals surface area contributed by atoms with E-state index in [0.29, 0.717) is 16.5 Å². The highest BCUT2D eigenvalue weighted by Crippen LogP contribution is 2.24. The fraction of sp³-hybridized carbons (Fsp3) is 0.533. The van der Waals surface area contributed by atoms with Crippen LogP contribution in [0.2, 0.25) is 0 Å². The molecule has 2 rings (SSSR count). The van der Waals surface area contributed by atoms with E-state index in [0.717, 1.165) is 25.7 Å². The fourth-order valence-electron chi connectivity index (χ4n) is 2.68. The zero-order valence-electron chi connectivity index (χ0n) is 13.0. The Balaban J connectivity index is 2.07. The second-order valence-corrected chi connectivity index (χ2v) is 6.85. The second kappa shape index (κ2) is 7.49. The molecule has 7 heteroatoms. The minimum absolute atomic E-state index is 0.134. The van der Waals surface area contributed by atoms with Crippen LogP contribution in [0.3, 0.4) is 0 Å². The maximum Gasteiger partial charge on any atom is 0.243 e. The van der Waals surface area contributed by atoms with Gasteiger partial charge in [0.05, 0.1) is 15.7 Å². The third-order valence-corrected chi connectivity index (χ3v) is 4.65. The van der Waals surface area contributed by atoms with Crippen molar-refractivity contribution in [3.63, 3.8) is 0 Å². The molecule has 0 bridgehead atoms. The number of nitrogens with zero attached hydrogens (tertiary/aromatic N) is 2. The van der Waals surface area contributed by atoms with Gasteiger partial charge in [0.15, 0.2) is 0 Å². The summed E-state index contributed by atoms with van der Waals surface area (Å²) < 4.78 is 11.8. The number of nitrogens with one attached hydrogen (secondary N) is 2. The summed E-state index contributed by atoms with van der Waals surface area (Å²) in [5, 5.41) is 6.31. The van der Waals surface area contributed by atoms with Gasteiger partial charge >= 0.3 is 0 Å². The van der Waals surface area contributed by atoms with Crippen LogP contribution < -0.4 is 10.6 Å². The van der Waals surface area contributed by atoms with Crippen molar-refractivity contribution < 1.29 is 9.00 Å². The molecule has 1 aliphatic rings. The van der Waals surface area contributed by atoms with Gasteiger partial charge in [0, 0.05) is 24.5 Å². The molecule has 1 fully saturated rings. The third-order valence-electron chi connectivity index (χ3n) is 3.73. The zero-order chi connectivity index (χ0) is 16.1. The van der Waals surface area contributed by atoms with E-state index in [1.54, 1.807) is 12.5 Å². The van der Waals surface area contributed by atoms with Crippen LogP contribution in [-0.4, -0.2) is 38.4 Å². The molecule has 0 aliphatic heterocycles. The van der Waals surface area contributed by atoms with Crippen molar-refractivity contribution in [2.75, 3.05) is 11.6 Å². The normalized spacial score (nSPS) is 22.6. The molecule has 0 saturated heterocycles. The average Bonchev–Trinajstić information content (AvgIpc) is 2.47. The highest BCUT2D eigenvalue weighted by molar-refractivity contribution is 7.84. The minimum Gasteiger partial charge on any atom is -0.366 e. The molecule has 1 heterocycles. The number of aromatic nitrogens is 2. The van der Waals surface area contributed by atoms with Crippen molar-refractivity contribution in [2.24, 2.45) is 0 Å². The summed E-state index contributed by atoms with van der Waals surface area (Å²) in [7, 11) is -1.14. The number of aryl methyl sites for hydroxylation is 1. The van der Waals surface area contributed by atoms with Crippen molar-refractivity contribution >= 4 is 22.5 Å². The monoisotopic (exact) mass is 322 g/mol. The quantitative estimate of drug-likeness (QED) is 0.804. The molecule has 1 aliphatic carbocycles. The van der Waals surface area contributed by atoms with E-state index in [9.17, 15) is 9.00 Å². The molecule has 6 nitrogen and oxygen atoms in total. The number of carbonyl (C=O) groups excluding carboxylic acids is 1. The predicted molar refractivity (Wildman–Crippen MR) is 87.1 cm³/mol. The molecule has 3 unspecified atom stereocenters. The smallest absolute Gasteiger partial charge is 0.243 e. The van der Waals surface area contributed by atoms with Crippen molar-refractivity contribution in [1.29, 1.82) is 0 Å². The number of hydrogen-bond donors (Lipinski definition) is 2. The number of rotatable bonds is 5. The Labute approximate surface area is 133 Å². The third kappa shape index (κ3) is 4.37. The standard InChI is InChI=1S/C15H22N4O2S/c1-4-14(20)18-11-6-5-7-12(8-11)19-15-13(22(3)21)9-16-10(2)17-15/h4,9,11-12H,1,5-8H2,2-3H3,(H,18,20)(H,16,17,19). The van der Waals surface area contributed by atoms with Gasteiger partial charge in [0.25, 0.3) is 0 Å². The van der Waals surface area contributed by atoms with Gasteiger partial charge < -0.3 is 10.6 Å². The Morgan fingerprint density at radius 2 is 2.18 bits per heavy atom. The predicted octanol–water partition coefficient (Wildman–Crippen LogP) is 1.55. The van der Waals surface area contributed by atoms with Gasteiger partial charge in [-0.15, -0.1) is 0 Å². The first-order chi connectivity index (χ1) is 10.5. The first-order valence-electron chi connectivity index (χ1n) is 7.36. The highest BCUT2D eigenvalue weighted by atomic mass is 32.2. The van der Waals surface area contributed by atoms with Gasteiger partial charge in [-0.3, -0.25) is 9.00 Å². The topological polar surface area (TPSA) is 84.0 Å². The Morgan fingerprint density at radius 3 is 2.86 bits per heavy atom. The summed E-state index contributed by atoms with van der Waals surface area (Å²) in [6, 6.07) is 0.329. The molecule has 1 aromatic rings. The van der Waals surface area contributed by atoms with Gasteiger partial charge in [0.2, 0.25) is 5.91 Å². The van der Waals surface area contributed by atoms with Crippen LogP contribution >= 0.6 is 0 Å². The van der Waals surface area contributed by atoms with Crippen LogP contribution in [0.1, 0.15) is 31.5 Å². The fourth-order valence-corrected chi connectivity index (χ4v) is 3.26. The summed E-state index contributed by atoms with van der Waals surface area (Å²) >= 11 is 0. The SMILES string of the molecule is C=CC(=O)NC1CCCC(Nc2nc(C)ncc2S(C)=O)C1. The van der Waals surface area contributed by atoms with Gasteiger partial charge in [0.1, 0.15) is 11.6 Å². The number of anilines is 1. The summed E-state index contributed by atoms with van der Waals surface area (Å²) in [6.45, 7) is 5.28. The molecule has 2 N–H and O–H groups in total.